The van der Waals surface area contributed by atoms with E-state index in [1.54, 1.807) is 0 Å². The molecule has 0 heteroatoms. The van der Waals surface area contributed by atoms with Crippen molar-refractivity contribution in [1.29, 1.82) is 0 Å². The highest BCUT2D eigenvalue weighted by atomic mass is 14.2. The van der Waals surface area contributed by atoms with Gasteiger partial charge < -0.3 is 0 Å². The van der Waals surface area contributed by atoms with E-state index in [9.17, 15) is 0 Å². The predicted octanol–water partition coefficient (Wildman–Crippen LogP) is 5.77. The van der Waals surface area contributed by atoms with E-state index in [4.69, 9.17) is 0 Å². The Labute approximate surface area is 88.1 Å². The lowest BCUT2D eigenvalue weighted by atomic mass is 9.81. The largest absolute Gasteiger partial charge is 0.0776 e. The zero-order valence-electron chi connectivity index (χ0n) is 8.41. The van der Waals surface area contributed by atoms with Crippen LogP contribution in [0.2, 0.25) is 0 Å². The first kappa shape index (κ1) is 23.1. The molecule has 0 bridgehead atoms. The van der Waals surface area contributed by atoms with E-state index >= 15 is 0 Å². The van der Waals surface area contributed by atoms with Gasteiger partial charge in [0.25, 0.3) is 0 Å². The molecule has 0 aliphatic carbocycles. The van der Waals surface area contributed by atoms with Gasteiger partial charge in [-0.3, -0.25) is 0 Å². The fourth-order valence-corrected chi connectivity index (χ4v) is 0.750. The van der Waals surface area contributed by atoms with Crippen molar-refractivity contribution in [1.82, 2.24) is 0 Å². The van der Waals surface area contributed by atoms with Gasteiger partial charge in [0, 0.05) is 0 Å². The highest BCUT2D eigenvalue weighted by molar-refractivity contribution is 4.68. The lowest BCUT2D eigenvalue weighted by Gasteiger charge is -2.24. The van der Waals surface area contributed by atoms with Crippen LogP contribution >= 0.6 is 0 Å². The second kappa shape index (κ2) is 7.41. The first-order chi connectivity index (χ1) is 4.21. The van der Waals surface area contributed by atoms with Crippen molar-refractivity contribution < 1.29 is 0 Å². The van der Waals surface area contributed by atoms with Crippen molar-refractivity contribution in [2.24, 2.45) is 10.8 Å². The van der Waals surface area contributed by atoms with Gasteiger partial charge in [0.1, 0.15) is 0 Å². The van der Waals surface area contributed by atoms with Crippen molar-refractivity contribution in [2.45, 2.75) is 76.7 Å². The first-order valence-corrected chi connectivity index (χ1v) is 4.21. The zero-order chi connectivity index (χ0) is 8.41. The predicted molar refractivity (Wildman–Crippen MR) is 68.3 cm³/mol. The van der Waals surface area contributed by atoms with Gasteiger partial charge in [0.15, 0.2) is 0 Å². The van der Waals surface area contributed by atoms with Crippen LogP contribution in [0.1, 0.15) is 76.7 Å². The number of hydrogen-bond donors (Lipinski definition) is 0. The molecule has 0 atom stereocenters. The van der Waals surface area contributed by atoms with E-state index in [2.05, 4.69) is 41.5 Å². The summed E-state index contributed by atoms with van der Waals surface area (Å²) in [5.74, 6) is 0. The molecular weight excluding hydrogens is 156 g/mol. The molecule has 0 nitrogen and oxygen atoms in total. The Hall–Kier alpha value is 0. The topological polar surface area (TPSA) is 0 Å². The van der Waals surface area contributed by atoms with E-state index in [1.165, 1.54) is 12.8 Å². The fourth-order valence-electron chi connectivity index (χ4n) is 0.750. The Balaban J connectivity index is -0.000000135. The average molecular weight is 190 g/mol. The second-order valence-electron chi connectivity index (χ2n) is 5.62. The second-order valence-corrected chi connectivity index (χ2v) is 5.62. The van der Waals surface area contributed by atoms with E-state index in [1.807, 2.05) is 0 Å². The lowest BCUT2D eigenvalue weighted by Crippen LogP contribution is -2.12. The van der Waals surface area contributed by atoms with Crippen LogP contribution in [0.4, 0.5) is 0 Å². The SMILES string of the molecule is C.C.C.CC(C)(C)CCC(C)(C)C. The van der Waals surface area contributed by atoms with Gasteiger partial charge >= 0.3 is 0 Å². The standard InChI is InChI=1S/C10H22.3CH4/c1-9(2,3)7-8-10(4,5)6;;;/h7-8H2,1-6H3;3*1H4. The molecular formula is C13H34. The van der Waals surface area contributed by atoms with Gasteiger partial charge in [-0.25, -0.2) is 0 Å². The molecule has 0 rings (SSSR count). The average Bonchev–Trinajstić information content (AvgIpc) is 1.57. The third kappa shape index (κ3) is 24.5. The molecule has 0 saturated heterocycles. The number of hydrogen-bond acceptors (Lipinski definition) is 0. The molecule has 86 valence electrons. The van der Waals surface area contributed by atoms with Crippen LogP contribution in [-0.2, 0) is 0 Å². The summed E-state index contributed by atoms with van der Waals surface area (Å²) in [5.41, 5.74) is 1.01. The zero-order valence-corrected chi connectivity index (χ0v) is 8.41. The maximum absolute atomic E-state index is 2.30. The summed E-state index contributed by atoms with van der Waals surface area (Å²) in [7, 11) is 0. The third-order valence-corrected chi connectivity index (χ3v) is 1.62. The summed E-state index contributed by atoms with van der Waals surface area (Å²) >= 11 is 0. The fraction of sp³-hybridized carbons (Fsp3) is 1.00. The van der Waals surface area contributed by atoms with Crippen LogP contribution in [0.3, 0.4) is 0 Å². The molecule has 13 heavy (non-hydrogen) atoms. The van der Waals surface area contributed by atoms with Crippen LogP contribution in [0.15, 0.2) is 0 Å². The quantitative estimate of drug-likeness (QED) is 0.492. The number of rotatable bonds is 1. The van der Waals surface area contributed by atoms with Gasteiger partial charge in [-0.05, 0) is 23.7 Å². The van der Waals surface area contributed by atoms with Crippen molar-refractivity contribution >= 4 is 0 Å². The third-order valence-electron chi connectivity index (χ3n) is 1.62. The van der Waals surface area contributed by atoms with Gasteiger partial charge in [-0.1, -0.05) is 63.8 Å². The molecule has 0 aromatic heterocycles. The highest BCUT2D eigenvalue weighted by Crippen LogP contribution is 2.29. The first-order valence-electron chi connectivity index (χ1n) is 4.21. The molecule has 0 unspecified atom stereocenters. The minimum absolute atomic E-state index is 0. The normalized spacial score (nSPS) is 10.6. The molecule has 0 radical (unpaired) electrons. The van der Waals surface area contributed by atoms with Crippen LogP contribution < -0.4 is 0 Å². The van der Waals surface area contributed by atoms with E-state index in [0.717, 1.165) is 0 Å². The van der Waals surface area contributed by atoms with Gasteiger partial charge in [-0.2, -0.15) is 0 Å². The summed E-state index contributed by atoms with van der Waals surface area (Å²) < 4.78 is 0. The minimum atomic E-state index is 0. The lowest BCUT2D eigenvalue weighted by molar-refractivity contribution is 0.275. The molecule has 0 spiro atoms. The molecule has 0 aromatic carbocycles. The smallest absolute Gasteiger partial charge is 0.0382 e. The van der Waals surface area contributed by atoms with Crippen LogP contribution in [0.5, 0.6) is 0 Å². The Morgan fingerprint density at radius 3 is 0.769 bits per heavy atom. The van der Waals surface area contributed by atoms with Crippen molar-refractivity contribution in [3.05, 3.63) is 0 Å². The van der Waals surface area contributed by atoms with E-state index in [0.29, 0.717) is 10.8 Å². The van der Waals surface area contributed by atoms with E-state index in [-0.39, 0.29) is 22.3 Å². The molecule has 0 heterocycles. The summed E-state index contributed by atoms with van der Waals surface area (Å²) in [6, 6.07) is 0. The van der Waals surface area contributed by atoms with Crippen LogP contribution in [-0.4, -0.2) is 0 Å². The Kier molecular flexibility index (Phi) is 13.2. The van der Waals surface area contributed by atoms with E-state index < -0.39 is 0 Å². The van der Waals surface area contributed by atoms with Crippen molar-refractivity contribution in [3.63, 3.8) is 0 Å². The Morgan fingerprint density at radius 2 is 0.692 bits per heavy atom. The van der Waals surface area contributed by atoms with Gasteiger partial charge in [0.05, 0.1) is 0 Å². The molecule has 0 saturated carbocycles. The monoisotopic (exact) mass is 190 g/mol. The molecule has 0 fully saturated rings. The van der Waals surface area contributed by atoms with Crippen LogP contribution in [0.25, 0.3) is 0 Å². The molecule has 0 aliphatic rings. The summed E-state index contributed by atoms with van der Waals surface area (Å²) in [6.07, 6.45) is 2.66. The van der Waals surface area contributed by atoms with Crippen LogP contribution in [0, 0.1) is 10.8 Å². The molecule has 0 aromatic rings. The highest BCUT2D eigenvalue weighted by Gasteiger charge is 2.16. The Bertz CT molecular complexity index is 73.6. The summed E-state index contributed by atoms with van der Waals surface area (Å²) in [5, 5.41) is 0. The molecule has 0 N–H and O–H groups in total. The molecule has 0 aliphatic heterocycles. The minimum Gasteiger partial charge on any atom is -0.0776 e. The summed E-state index contributed by atoms with van der Waals surface area (Å²) in [4.78, 5) is 0. The maximum Gasteiger partial charge on any atom is -0.0382 e. The molecule has 0 amide bonds. The van der Waals surface area contributed by atoms with Gasteiger partial charge in [0.2, 0.25) is 0 Å². The van der Waals surface area contributed by atoms with Crippen molar-refractivity contribution in [3.8, 4) is 0 Å². The Morgan fingerprint density at radius 1 is 0.538 bits per heavy atom. The maximum atomic E-state index is 2.30. The summed E-state index contributed by atoms with van der Waals surface area (Å²) in [6.45, 7) is 13.8. The van der Waals surface area contributed by atoms with Gasteiger partial charge in [-0.15, -0.1) is 0 Å². The van der Waals surface area contributed by atoms with Crippen molar-refractivity contribution in [2.75, 3.05) is 0 Å².